The normalized spacial score (nSPS) is 27.6. The first kappa shape index (κ1) is 16.0. The molecule has 0 radical (unpaired) electrons. The van der Waals surface area contributed by atoms with Crippen molar-refractivity contribution in [1.29, 1.82) is 0 Å². The van der Waals surface area contributed by atoms with Gasteiger partial charge >= 0.3 is 5.97 Å². The fraction of sp³-hybridized carbons (Fsp3) is 0.357. The van der Waals surface area contributed by atoms with E-state index in [1.807, 2.05) is 12.3 Å². The highest BCUT2D eigenvalue weighted by molar-refractivity contribution is 8.00. The lowest BCUT2D eigenvalue weighted by Crippen LogP contribution is -2.71. The topological polar surface area (TPSA) is 113 Å². The lowest BCUT2D eigenvalue weighted by atomic mass is 10.0. The number of hydrogen-bond donors (Lipinski definition) is 3. The maximum atomic E-state index is 12.2. The molecule has 4 N–H and O–H groups in total. The van der Waals surface area contributed by atoms with Crippen molar-refractivity contribution < 1.29 is 19.5 Å². The van der Waals surface area contributed by atoms with Crippen LogP contribution >= 0.6 is 23.1 Å². The van der Waals surface area contributed by atoms with Crippen molar-refractivity contribution in [2.45, 2.75) is 29.6 Å². The molecule has 3 unspecified atom stereocenters. The fourth-order valence-corrected chi connectivity index (χ4v) is 4.62. The minimum absolute atomic E-state index is 0.0284. The molecule has 0 spiro atoms. The van der Waals surface area contributed by atoms with Gasteiger partial charge in [-0.25, -0.2) is 4.79 Å². The number of aliphatic carboxylic acids is 1. The number of fused-ring (bicyclic) bond motifs is 1. The van der Waals surface area contributed by atoms with Crippen LogP contribution in [0, 0.1) is 0 Å². The second-order valence-corrected chi connectivity index (χ2v) is 7.75. The molecule has 23 heavy (non-hydrogen) atoms. The number of β-lactam (4-membered cyclic amide) rings is 1. The van der Waals surface area contributed by atoms with Crippen LogP contribution in [0.4, 0.5) is 0 Å². The van der Waals surface area contributed by atoms with Crippen LogP contribution in [0.2, 0.25) is 0 Å². The van der Waals surface area contributed by atoms with Crippen LogP contribution < -0.4 is 11.1 Å². The van der Waals surface area contributed by atoms with Gasteiger partial charge in [0.2, 0.25) is 5.91 Å². The summed E-state index contributed by atoms with van der Waals surface area (Å²) in [6, 6.07) is 1.97. The number of nitrogens with zero attached hydrogens (tertiary/aromatic N) is 1. The van der Waals surface area contributed by atoms with Crippen LogP contribution in [0.5, 0.6) is 0 Å². The molecule has 0 saturated carbocycles. The minimum atomic E-state index is -1.14. The van der Waals surface area contributed by atoms with Crippen LogP contribution in [0.25, 0.3) is 0 Å². The Morgan fingerprint density at radius 1 is 1.48 bits per heavy atom. The molecule has 1 saturated heterocycles. The lowest BCUT2D eigenvalue weighted by Gasteiger charge is -2.49. The van der Waals surface area contributed by atoms with Crippen molar-refractivity contribution in [3.63, 3.8) is 0 Å². The van der Waals surface area contributed by atoms with Crippen molar-refractivity contribution in [2.75, 3.05) is 0 Å². The van der Waals surface area contributed by atoms with Gasteiger partial charge in [0, 0.05) is 10.1 Å². The molecular weight excluding hydrogens is 338 g/mol. The predicted molar refractivity (Wildman–Crippen MR) is 86.6 cm³/mol. The molecule has 9 heteroatoms. The van der Waals surface area contributed by atoms with Crippen molar-refractivity contribution in [1.82, 2.24) is 10.2 Å². The largest absolute Gasteiger partial charge is 0.477 e. The summed E-state index contributed by atoms with van der Waals surface area (Å²) in [6.45, 7) is 1.85. The van der Waals surface area contributed by atoms with Crippen LogP contribution in [-0.2, 0) is 14.4 Å². The summed E-state index contributed by atoms with van der Waals surface area (Å²) in [4.78, 5) is 37.6. The quantitative estimate of drug-likeness (QED) is 0.680. The molecular formula is C14H15N3O4S2. The van der Waals surface area contributed by atoms with Gasteiger partial charge in [-0.3, -0.25) is 14.5 Å². The van der Waals surface area contributed by atoms with Gasteiger partial charge in [-0.15, -0.1) is 23.1 Å². The number of carbonyl (C=O) groups is 3. The number of nitrogens with two attached hydrogens (primary N) is 1. The van der Waals surface area contributed by atoms with E-state index < -0.39 is 35.2 Å². The predicted octanol–water partition coefficient (Wildman–Crippen LogP) is 0.505. The van der Waals surface area contributed by atoms with E-state index in [2.05, 4.69) is 5.32 Å². The van der Waals surface area contributed by atoms with Gasteiger partial charge in [0.15, 0.2) is 0 Å². The number of carboxylic acid groups (broad SMARTS) is 1. The van der Waals surface area contributed by atoms with Crippen LogP contribution in [0.3, 0.4) is 0 Å². The summed E-state index contributed by atoms with van der Waals surface area (Å²) in [6.07, 6.45) is 1.54. The molecule has 0 aliphatic carbocycles. The summed E-state index contributed by atoms with van der Waals surface area (Å²) in [7, 11) is 0. The molecule has 1 aromatic heterocycles. The first-order valence-electron chi connectivity index (χ1n) is 6.93. The monoisotopic (exact) mass is 353 g/mol. The molecule has 7 nitrogen and oxygen atoms in total. The van der Waals surface area contributed by atoms with E-state index in [4.69, 9.17) is 5.73 Å². The van der Waals surface area contributed by atoms with Gasteiger partial charge < -0.3 is 16.2 Å². The Balaban J connectivity index is 1.72. The smallest absolute Gasteiger partial charge is 0.352 e. The molecule has 4 atom stereocenters. The maximum absolute atomic E-state index is 12.2. The molecule has 2 amide bonds. The highest BCUT2D eigenvalue weighted by Gasteiger charge is 2.54. The molecule has 1 aromatic rings. The van der Waals surface area contributed by atoms with Crippen LogP contribution in [0.15, 0.2) is 29.3 Å². The van der Waals surface area contributed by atoms with E-state index in [0.717, 1.165) is 0 Å². The maximum Gasteiger partial charge on any atom is 0.352 e. The van der Waals surface area contributed by atoms with E-state index in [-0.39, 0.29) is 10.9 Å². The van der Waals surface area contributed by atoms with Gasteiger partial charge in [0.05, 0.1) is 0 Å². The highest BCUT2D eigenvalue weighted by Crippen LogP contribution is 2.40. The molecule has 0 aromatic carbocycles. The summed E-state index contributed by atoms with van der Waals surface area (Å²) < 4.78 is 0. The zero-order chi connectivity index (χ0) is 16.7. The Labute approximate surface area is 140 Å². The zero-order valence-corrected chi connectivity index (χ0v) is 13.8. The van der Waals surface area contributed by atoms with Crippen LogP contribution in [0.1, 0.15) is 17.8 Å². The third kappa shape index (κ3) is 2.75. The second-order valence-electron chi connectivity index (χ2n) is 5.28. The van der Waals surface area contributed by atoms with E-state index in [0.29, 0.717) is 4.88 Å². The van der Waals surface area contributed by atoms with Gasteiger partial charge in [0.1, 0.15) is 23.2 Å². The van der Waals surface area contributed by atoms with Gasteiger partial charge in [0.25, 0.3) is 5.91 Å². The van der Waals surface area contributed by atoms with Gasteiger partial charge in [-0.1, -0.05) is 6.07 Å². The van der Waals surface area contributed by atoms with Crippen molar-refractivity contribution in [3.8, 4) is 0 Å². The van der Waals surface area contributed by atoms with E-state index in [1.54, 1.807) is 12.1 Å². The Kier molecular flexibility index (Phi) is 4.17. The summed E-state index contributed by atoms with van der Waals surface area (Å²) in [5.74, 6) is -2.00. The number of amides is 2. The molecule has 3 heterocycles. The number of thioether (sulfide) groups is 1. The van der Waals surface area contributed by atoms with E-state index in [1.165, 1.54) is 34.1 Å². The first-order chi connectivity index (χ1) is 10.9. The zero-order valence-electron chi connectivity index (χ0n) is 12.1. The number of carboxylic acids is 1. The first-order valence-corrected chi connectivity index (χ1v) is 8.75. The van der Waals surface area contributed by atoms with Gasteiger partial charge in [-0.2, -0.15) is 0 Å². The third-order valence-corrected chi connectivity index (χ3v) is 5.98. The Bertz CT molecular complexity index is 688. The SMILES string of the molecule is CC1C=C(C(=O)O)N2C(=O)C(NC(=O)C(N)c3cccs3)[C@@H]2S1. The van der Waals surface area contributed by atoms with Crippen molar-refractivity contribution >= 4 is 40.9 Å². The number of rotatable bonds is 4. The third-order valence-electron chi connectivity index (χ3n) is 3.70. The molecule has 1 fully saturated rings. The summed E-state index contributed by atoms with van der Waals surface area (Å²) >= 11 is 2.80. The lowest BCUT2D eigenvalue weighted by molar-refractivity contribution is -0.150. The Morgan fingerprint density at radius 3 is 2.83 bits per heavy atom. The average molecular weight is 353 g/mol. The molecule has 2 aliphatic rings. The average Bonchev–Trinajstić information content (AvgIpc) is 3.04. The summed E-state index contributed by atoms with van der Waals surface area (Å²) in [5, 5.41) is 13.2. The van der Waals surface area contributed by atoms with Gasteiger partial charge in [-0.05, 0) is 24.4 Å². The second kappa shape index (κ2) is 5.99. The van der Waals surface area contributed by atoms with Crippen molar-refractivity contribution in [2.24, 2.45) is 5.73 Å². The number of nitrogens with one attached hydrogen (secondary N) is 1. The number of thiophene rings is 1. The Hall–Kier alpha value is -1.84. The van der Waals surface area contributed by atoms with Crippen molar-refractivity contribution in [3.05, 3.63) is 34.2 Å². The molecule has 0 bridgehead atoms. The highest BCUT2D eigenvalue weighted by atomic mass is 32.2. The standard InChI is InChI=1S/C14H15N3O4S2/c1-6-5-7(14(20)21)17-12(19)10(13(17)23-6)16-11(18)9(15)8-3-2-4-22-8/h2-6,9-10,13H,15H2,1H3,(H,16,18)(H,20,21)/t6?,9?,10?,13-/m0/s1. The number of hydrogen-bond acceptors (Lipinski definition) is 6. The molecule has 3 rings (SSSR count). The fourth-order valence-electron chi connectivity index (χ4n) is 2.57. The molecule has 2 aliphatic heterocycles. The summed E-state index contributed by atoms with van der Waals surface area (Å²) in [5.41, 5.74) is 5.86. The minimum Gasteiger partial charge on any atom is -0.477 e. The van der Waals surface area contributed by atoms with Crippen LogP contribution in [-0.4, -0.2) is 44.5 Å². The van der Waals surface area contributed by atoms with E-state index >= 15 is 0 Å². The number of carbonyl (C=O) groups excluding carboxylic acids is 2. The molecule has 122 valence electrons. The van der Waals surface area contributed by atoms with E-state index in [9.17, 15) is 19.5 Å². The Morgan fingerprint density at radius 2 is 2.22 bits per heavy atom.